The van der Waals surface area contributed by atoms with E-state index in [2.05, 4.69) is 43.8 Å². The molecule has 0 fully saturated rings. The van der Waals surface area contributed by atoms with Crippen molar-refractivity contribution >= 4 is 17.6 Å². The molecular formula is C25H23N5O. The molecule has 1 heterocycles. The van der Waals surface area contributed by atoms with Gasteiger partial charge in [-0.1, -0.05) is 60.7 Å². The number of hydrogen-bond acceptors (Lipinski definition) is 3. The number of aromatic amines is 1. The summed E-state index contributed by atoms with van der Waals surface area (Å²) in [5.74, 6) is 0.186. The number of nitrogens with zero attached hydrogens (tertiary/aromatic N) is 2. The molecule has 4 rings (SSSR count). The molecule has 3 N–H and O–H groups in total. The zero-order valence-corrected chi connectivity index (χ0v) is 17.0. The number of aliphatic imine (C=N–C) groups is 1. The number of imidazole rings is 1. The van der Waals surface area contributed by atoms with Crippen LogP contribution >= 0.6 is 0 Å². The number of benzene rings is 3. The Morgan fingerprint density at radius 3 is 2.39 bits per heavy atom. The van der Waals surface area contributed by atoms with Gasteiger partial charge in [0, 0.05) is 36.1 Å². The van der Waals surface area contributed by atoms with Crippen LogP contribution in [0.4, 0.5) is 5.69 Å². The number of H-pyrrole nitrogens is 1. The normalized spacial score (nSPS) is 11.2. The van der Waals surface area contributed by atoms with Gasteiger partial charge in [-0.3, -0.25) is 15.1 Å². The lowest BCUT2D eigenvalue weighted by Crippen LogP contribution is -2.36. The van der Waals surface area contributed by atoms with Gasteiger partial charge in [0.25, 0.3) is 5.91 Å². The minimum Gasteiger partial charge on any atom is -0.348 e. The number of rotatable bonds is 6. The molecule has 0 spiro atoms. The molecule has 6 nitrogen and oxygen atoms in total. The maximum atomic E-state index is 12.7. The highest BCUT2D eigenvalue weighted by molar-refractivity contribution is 6.10. The molecular weight excluding hydrogens is 386 g/mol. The second kappa shape index (κ2) is 10.0. The number of nitrogens with one attached hydrogen (secondary N) is 3. The highest BCUT2D eigenvalue weighted by atomic mass is 16.1. The SMILES string of the molecule is O=C(NC(=NCCc1cnc[nH]1)Nc1cccc(-c2ccccc2)c1)c1ccccc1. The zero-order valence-electron chi connectivity index (χ0n) is 17.0. The molecule has 0 saturated carbocycles. The van der Waals surface area contributed by atoms with Crippen LogP contribution in [0.2, 0.25) is 0 Å². The number of aromatic nitrogens is 2. The van der Waals surface area contributed by atoms with Crippen LogP contribution in [0.1, 0.15) is 16.1 Å². The van der Waals surface area contributed by atoms with E-state index in [-0.39, 0.29) is 5.91 Å². The first kappa shape index (κ1) is 20.1. The fourth-order valence-corrected chi connectivity index (χ4v) is 3.13. The maximum Gasteiger partial charge on any atom is 0.257 e. The average Bonchev–Trinajstić information content (AvgIpc) is 3.34. The van der Waals surface area contributed by atoms with Crippen LogP contribution in [0.3, 0.4) is 0 Å². The predicted molar refractivity (Wildman–Crippen MR) is 124 cm³/mol. The smallest absolute Gasteiger partial charge is 0.257 e. The lowest BCUT2D eigenvalue weighted by atomic mass is 10.1. The van der Waals surface area contributed by atoms with Gasteiger partial charge in [-0.25, -0.2) is 4.98 Å². The third-order valence-corrected chi connectivity index (χ3v) is 4.71. The van der Waals surface area contributed by atoms with Crippen LogP contribution in [0.25, 0.3) is 11.1 Å². The molecule has 0 saturated heterocycles. The summed E-state index contributed by atoms with van der Waals surface area (Å²) in [6.45, 7) is 0.498. The summed E-state index contributed by atoms with van der Waals surface area (Å²) >= 11 is 0. The van der Waals surface area contributed by atoms with Crippen LogP contribution < -0.4 is 10.6 Å². The second-order valence-electron chi connectivity index (χ2n) is 6.95. The van der Waals surface area contributed by atoms with Gasteiger partial charge in [-0.2, -0.15) is 0 Å². The van der Waals surface area contributed by atoms with Crippen LogP contribution in [-0.2, 0) is 6.42 Å². The average molecular weight is 409 g/mol. The van der Waals surface area contributed by atoms with Gasteiger partial charge in [0.2, 0.25) is 5.96 Å². The van der Waals surface area contributed by atoms with E-state index in [1.165, 1.54) is 0 Å². The van der Waals surface area contributed by atoms with Gasteiger partial charge in [0.1, 0.15) is 0 Å². The molecule has 1 aromatic heterocycles. The largest absolute Gasteiger partial charge is 0.348 e. The van der Waals surface area contributed by atoms with E-state index in [1.54, 1.807) is 24.7 Å². The third-order valence-electron chi connectivity index (χ3n) is 4.71. The number of guanidine groups is 1. The first-order valence-electron chi connectivity index (χ1n) is 10.1. The fraction of sp³-hybridized carbons (Fsp3) is 0.0800. The Labute approximate surface area is 181 Å². The lowest BCUT2D eigenvalue weighted by Gasteiger charge is -2.13. The number of amides is 1. The Kier molecular flexibility index (Phi) is 6.50. The van der Waals surface area contributed by atoms with Crippen molar-refractivity contribution < 1.29 is 4.79 Å². The van der Waals surface area contributed by atoms with Crippen molar-refractivity contribution in [3.63, 3.8) is 0 Å². The Bertz CT molecular complexity index is 1140. The van der Waals surface area contributed by atoms with Gasteiger partial charge in [-0.15, -0.1) is 0 Å². The number of carbonyl (C=O) groups excluding carboxylic acids is 1. The lowest BCUT2D eigenvalue weighted by molar-refractivity contribution is 0.0977. The molecule has 0 bridgehead atoms. The molecule has 3 aromatic carbocycles. The Morgan fingerprint density at radius 2 is 1.65 bits per heavy atom. The van der Waals surface area contributed by atoms with Crippen LogP contribution in [0, 0.1) is 0 Å². The van der Waals surface area contributed by atoms with E-state index in [4.69, 9.17) is 0 Å². The summed E-state index contributed by atoms with van der Waals surface area (Å²) < 4.78 is 0. The third kappa shape index (κ3) is 5.67. The van der Waals surface area contributed by atoms with E-state index in [1.807, 2.05) is 54.6 Å². The van der Waals surface area contributed by atoms with E-state index < -0.39 is 0 Å². The summed E-state index contributed by atoms with van der Waals surface area (Å²) in [7, 11) is 0. The molecule has 0 atom stereocenters. The van der Waals surface area contributed by atoms with E-state index in [0.717, 1.165) is 22.5 Å². The summed E-state index contributed by atoms with van der Waals surface area (Å²) in [4.78, 5) is 24.4. The van der Waals surface area contributed by atoms with Gasteiger partial charge in [0.15, 0.2) is 0 Å². The molecule has 0 aliphatic rings. The highest BCUT2D eigenvalue weighted by Gasteiger charge is 2.09. The number of anilines is 1. The topological polar surface area (TPSA) is 82.2 Å². The molecule has 0 aliphatic heterocycles. The predicted octanol–water partition coefficient (Wildman–Crippen LogP) is 4.52. The zero-order chi connectivity index (χ0) is 21.3. The fourth-order valence-electron chi connectivity index (χ4n) is 3.13. The van der Waals surface area contributed by atoms with Crippen molar-refractivity contribution in [2.75, 3.05) is 11.9 Å². The molecule has 154 valence electrons. The molecule has 0 unspecified atom stereocenters. The maximum absolute atomic E-state index is 12.7. The monoisotopic (exact) mass is 409 g/mol. The van der Waals surface area contributed by atoms with Gasteiger partial charge < -0.3 is 10.3 Å². The minimum absolute atomic E-state index is 0.215. The van der Waals surface area contributed by atoms with E-state index in [9.17, 15) is 4.79 Å². The van der Waals surface area contributed by atoms with E-state index >= 15 is 0 Å². The van der Waals surface area contributed by atoms with Crippen molar-refractivity contribution in [2.45, 2.75) is 6.42 Å². The number of carbonyl (C=O) groups is 1. The second-order valence-corrected chi connectivity index (χ2v) is 6.95. The quantitative estimate of drug-likeness (QED) is 0.323. The van der Waals surface area contributed by atoms with Gasteiger partial charge in [-0.05, 0) is 35.4 Å². The summed E-state index contributed by atoms with van der Waals surface area (Å²) in [6, 6.07) is 27.3. The molecule has 4 aromatic rings. The Hall–Kier alpha value is -4.19. The Morgan fingerprint density at radius 1 is 0.903 bits per heavy atom. The van der Waals surface area contributed by atoms with Crippen molar-refractivity contribution in [2.24, 2.45) is 4.99 Å². The first-order chi connectivity index (χ1) is 15.3. The van der Waals surface area contributed by atoms with Crippen LogP contribution in [0.5, 0.6) is 0 Å². The molecule has 31 heavy (non-hydrogen) atoms. The van der Waals surface area contributed by atoms with Crippen LogP contribution in [0.15, 0.2) is 102 Å². The standard InChI is InChI=1S/C25H23N5O/c31-24(20-10-5-2-6-11-20)30-25(27-15-14-23-17-26-18-28-23)29-22-13-7-12-21(16-22)19-8-3-1-4-9-19/h1-13,16-18H,14-15H2,(H,26,28)(H2,27,29,30,31). The first-order valence-corrected chi connectivity index (χ1v) is 10.1. The molecule has 0 radical (unpaired) electrons. The van der Waals surface area contributed by atoms with Crippen molar-refractivity contribution in [1.29, 1.82) is 0 Å². The summed E-state index contributed by atoms with van der Waals surface area (Å²) in [5, 5.41) is 6.16. The van der Waals surface area contributed by atoms with Crippen molar-refractivity contribution in [1.82, 2.24) is 15.3 Å². The Balaban J connectivity index is 1.53. The van der Waals surface area contributed by atoms with Gasteiger partial charge in [0.05, 0.1) is 6.33 Å². The van der Waals surface area contributed by atoms with Gasteiger partial charge >= 0.3 is 0 Å². The molecule has 1 amide bonds. The van der Waals surface area contributed by atoms with Crippen molar-refractivity contribution in [3.05, 3.63) is 109 Å². The van der Waals surface area contributed by atoms with Crippen LogP contribution in [-0.4, -0.2) is 28.4 Å². The highest BCUT2D eigenvalue weighted by Crippen LogP contribution is 2.22. The summed E-state index contributed by atoms with van der Waals surface area (Å²) in [5.41, 5.74) is 4.61. The molecule has 0 aliphatic carbocycles. The number of hydrogen-bond donors (Lipinski definition) is 3. The molecule has 6 heteroatoms. The van der Waals surface area contributed by atoms with Crippen molar-refractivity contribution in [3.8, 4) is 11.1 Å². The summed E-state index contributed by atoms with van der Waals surface area (Å²) in [6.07, 6.45) is 4.11. The van der Waals surface area contributed by atoms with E-state index in [0.29, 0.717) is 24.5 Å². The minimum atomic E-state index is -0.215.